The van der Waals surface area contributed by atoms with E-state index in [1.807, 2.05) is 0 Å². The van der Waals surface area contributed by atoms with Crippen LogP contribution in [0.1, 0.15) is 32.6 Å². The molecule has 0 aromatic rings. The first-order chi connectivity index (χ1) is 7.43. The highest BCUT2D eigenvalue weighted by atomic mass is 19.3. The van der Waals surface area contributed by atoms with Gasteiger partial charge in [-0.2, -0.15) is 8.78 Å². The van der Waals surface area contributed by atoms with E-state index in [0.29, 0.717) is 12.8 Å². The van der Waals surface area contributed by atoms with E-state index in [1.165, 1.54) is 0 Å². The van der Waals surface area contributed by atoms with Crippen LogP contribution >= 0.6 is 0 Å². The molecule has 1 aliphatic carbocycles. The summed E-state index contributed by atoms with van der Waals surface area (Å²) in [4.78, 5) is 10.8. The molecule has 1 aliphatic rings. The van der Waals surface area contributed by atoms with E-state index in [4.69, 9.17) is 5.11 Å². The molecule has 3 nitrogen and oxygen atoms in total. The Morgan fingerprint density at radius 3 is 2.25 bits per heavy atom. The Bertz CT molecular complexity index is 230. The zero-order chi connectivity index (χ0) is 12.2. The summed E-state index contributed by atoms with van der Waals surface area (Å²) >= 11 is 0. The number of ether oxygens (including phenoxy) is 1. The van der Waals surface area contributed by atoms with E-state index in [9.17, 15) is 13.6 Å². The Hall–Kier alpha value is -0.710. The van der Waals surface area contributed by atoms with Gasteiger partial charge >= 0.3 is 11.9 Å². The molecule has 0 heterocycles. The minimum Gasteiger partial charge on any atom is -0.461 e. The van der Waals surface area contributed by atoms with Crippen LogP contribution in [0.15, 0.2) is 0 Å². The Kier molecular flexibility index (Phi) is 4.65. The number of rotatable bonds is 4. The number of carbonyl (C=O) groups excluding carboxylic acids is 1. The molecule has 0 aromatic heterocycles. The van der Waals surface area contributed by atoms with Gasteiger partial charge in [0.15, 0.2) is 0 Å². The van der Waals surface area contributed by atoms with Gasteiger partial charge in [0.25, 0.3) is 0 Å². The summed E-state index contributed by atoms with van der Waals surface area (Å²) in [5.74, 6) is -4.37. The number of carbonyl (C=O) groups is 1. The molecule has 1 fully saturated rings. The van der Waals surface area contributed by atoms with Crippen molar-refractivity contribution in [2.24, 2.45) is 11.8 Å². The molecule has 1 rings (SSSR count). The summed E-state index contributed by atoms with van der Waals surface area (Å²) in [6, 6.07) is 0. The van der Waals surface area contributed by atoms with Gasteiger partial charge in [0.1, 0.15) is 0 Å². The average molecular weight is 236 g/mol. The molecule has 0 spiro atoms. The molecule has 0 unspecified atom stereocenters. The number of hydrogen-bond donors (Lipinski definition) is 1. The molecule has 0 aliphatic heterocycles. The van der Waals surface area contributed by atoms with Crippen LogP contribution in [0.4, 0.5) is 8.78 Å². The van der Waals surface area contributed by atoms with Gasteiger partial charge in [-0.05, 0) is 37.5 Å². The third-order valence-corrected chi connectivity index (χ3v) is 3.03. The van der Waals surface area contributed by atoms with Crippen LogP contribution in [0.3, 0.4) is 0 Å². The first-order valence-electron chi connectivity index (χ1n) is 5.59. The van der Waals surface area contributed by atoms with E-state index in [0.717, 1.165) is 25.7 Å². The van der Waals surface area contributed by atoms with Gasteiger partial charge in [-0.15, -0.1) is 0 Å². The number of aliphatic hydroxyl groups excluding tert-OH is 1. The van der Waals surface area contributed by atoms with Gasteiger partial charge in [-0.1, -0.05) is 0 Å². The van der Waals surface area contributed by atoms with Crippen LogP contribution in [0.2, 0.25) is 0 Å². The minimum atomic E-state index is -3.40. The van der Waals surface area contributed by atoms with E-state index < -0.39 is 11.9 Å². The van der Waals surface area contributed by atoms with Crippen LogP contribution in [0.25, 0.3) is 0 Å². The molecule has 5 heteroatoms. The highest BCUT2D eigenvalue weighted by Crippen LogP contribution is 2.29. The number of hydrogen-bond acceptors (Lipinski definition) is 3. The quantitative estimate of drug-likeness (QED) is 0.759. The van der Waals surface area contributed by atoms with E-state index in [2.05, 4.69) is 4.74 Å². The van der Waals surface area contributed by atoms with Gasteiger partial charge < -0.3 is 9.84 Å². The maximum absolute atomic E-state index is 12.5. The van der Waals surface area contributed by atoms with Crippen LogP contribution in [-0.2, 0) is 9.53 Å². The number of halogens is 2. The van der Waals surface area contributed by atoms with Crippen molar-refractivity contribution in [3.05, 3.63) is 0 Å². The summed E-state index contributed by atoms with van der Waals surface area (Å²) in [5.41, 5.74) is 0. The summed E-state index contributed by atoms with van der Waals surface area (Å²) in [6.07, 6.45) is 3.41. The SMILES string of the molecule is CC(F)(F)C(=O)OCC1CCC(CO)CC1. The topological polar surface area (TPSA) is 46.5 Å². The molecule has 94 valence electrons. The zero-order valence-corrected chi connectivity index (χ0v) is 9.42. The van der Waals surface area contributed by atoms with E-state index >= 15 is 0 Å². The first kappa shape index (κ1) is 13.4. The van der Waals surface area contributed by atoms with Gasteiger partial charge in [0.05, 0.1) is 6.61 Å². The summed E-state index contributed by atoms with van der Waals surface area (Å²) in [5, 5.41) is 8.92. The lowest BCUT2D eigenvalue weighted by Gasteiger charge is -2.27. The van der Waals surface area contributed by atoms with Crippen molar-refractivity contribution in [2.45, 2.75) is 38.5 Å². The van der Waals surface area contributed by atoms with E-state index in [1.54, 1.807) is 0 Å². The Morgan fingerprint density at radius 1 is 1.31 bits per heavy atom. The maximum Gasteiger partial charge on any atom is 0.376 e. The molecular formula is C11H18F2O3. The van der Waals surface area contributed by atoms with Crippen molar-refractivity contribution in [3.8, 4) is 0 Å². The van der Waals surface area contributed by atoms with Crippen molar-refractivity contribution in [3.63, 3.8) is 0 Å². The summed E-state index contributed by atoms with van der Waals surface area (Å²) in [6.45, 7) is 0.790. The van der Waals surface area contributed by atoms with Crippen molar-refractivity contribution < 1.29 is 23.4 Å². The van der Waals surface area contributed by atoms with Crippen LogP contribution in [0.5, 0.6) is 0 Å². The average Bonchev–Trinajstić information content (AvgIpc) is 2.25. The second-order valence-electron chi connectivity index (χ2n) is 4.56. The standard InChI is InChI=1S/C11H18F2O3/c1-11(12,13)10(15)16-7-9-4-2-8(6-14)3-5-9/h8-9,14H,2-7H2,1H3. The molecule has 0 aromatic carbocycles. The molecule has 1 N–H and O–H groups in total. The Labute approximate surface area is 93.8 Å². The third kappa shape index (κ3) is 4.04. The number of aliphatic hydroxyl groups is 1. The van der Waals surface area contributed by atoms with Crippen LogP contribution in [-0.4, -0.2) is 30.2 Å². The van der Waals surface area contributed by atoms with Gasteiger partial charge in [-0.3, -0.25) is 0 Å². The van der Waals surface area contributed by atoms with Crippen LogP contribution < -0.4 is 0 Å². The largest absolute Gasteiger partial charge is 0.461 e. The fraction of sp³-hybridized carbons (Fsp3) is 0.909. The van der Waals surface area contributed by atoms with E-state index in [-0.39, 0.29) is 19.1 Å². The highest BCUT2D eigenvalue weighted by Gasteiger charge is 2.35. The first-order valence-corrected chi connectivity index (χ1v) is 5.59. The normalized spacial score (nSPS) is 26.5. The second kappa shape index (κ2) is 5.57. The number of esters is 1. The van der Waals surface area contributed by atoms with Crippen LogP contribution in [0, 0.1) is 11.8 Å². The lowest BCUT2D eigenvalue weighted by molar-refractivity contribution is -0.171. The molecule has 0 amide bonds. The molecular weight excluding hydrogens is 218 g/mol. The molecule has 0 radical (unpaired) electrons. The predicted octanol–water partition coefficient (Wildman–Crippen LogP) is 1.98. The Balaban J connectivity index is 2.22. The molecule has 0 saturated heterocycles. The monoisotopic (exact) mass is 236 g/mol. The fourth-order valence-electron chi connectivity index (χ4n) is 1.90. The molecule has 16 heavy (non-hydrogen) atoms. The van der Waals surface area contributed by atoms with Crippen molar-refractivity contribution in [1.82, 2.24) is 0 Å². The summed E-state index contributed by atoms with van der Waals surface area (Å²) < 4.78 is 29.5. The molecule has 0 bridgehead atoms. The van der Waals surface area contributed by atoms with Crippen molar-refractivity contribution in [2.75, 3.05) is 13.2 Å². The number of alkyl halides is 2. The molecule has 0 atom stereocenters. The lowest BCUT2D eigenvalue weighted by Crippen LogP contribution is -2.30. The smallest absolute Gasteiger partial charge is 0.376 e. The van der Waals surface area contributed by atoms with Crippen molar-refractivity contribution >= 4 is 5.97 Å². The fourth-order valence-corrected chi connectivity index (χ4v) is 1.90. The van der Waals surface area contributed by atoms with Crippen molar-refractivity contribution in [1.29, 1.82) is 0 Å². The lowest BCUT2D eigenvalue weighted by atomic mass is 9.83. The highest BCUT2D eigenvalue weighted by molar-refractivity contribution is 5.76. The second-order valence-corrected chi connectivity index (χ2v) is 4.56. The predicted molar refractivity (Wildman–Crippen MR) is 54.1 cm³/mol. The van der Waals surface area contributed by atoms with Gasteiger partial charge in [0, 0.05) is 13.5 Å². The zero-order valence-electron chi connectivity index (χ0n) is 9.42. The summed E-state index contributed by atoms with van der Waals surface area (Å²) in [7, 11) is 0. The third-order valence-electron chi connectivity index (χ3n) is 3.03. The van der Waals surface area contributed by atoms with Gasteiger partial charge in [0.2, 0.25) is 0 Å². The van der Waals surface area contributed by atoms with Gasteiger partial charge in [-0.25, -0.2) is 4.79 Å². The minimum absolute atomic E-state index is 0.0699. The maximum atomic E-state index is 12.5. The Morgan fingerprint density at radius 2 is 1.81 bits per heavy atom. The molecule has 1 saturated carbocycles.